The molecule has 3 aromatic carbocycles. The molecule has 190 valence electrons. The lowest BCUT2D eigenvalue weighted by atomic mass is 9.87. The number of ether oxygens (including phenoxy) is 2. The molecule has 4 rings (SSSR count). The Morgan fingerprint density at radius 3 is 2.22 bits per heavy atom. The number of para-hydroxylation sites is 2. The van der Waals surface area contributed by atoms with Crippen LogP contribution in [0.2, 0.25) is 0 Å². The number of benzene rings is 3. The number of nitrogens with zero attached hydrogens (tertiary/aromatic N) is 2. The van der Waals surface area contributed by atoms with Crippen molar-refractivity contribution in [3.8, 4) is 11.5 Å². The van der Waals surface area contributed by atoms with Crippen molar-refractivity contribution in [1.82, 2.24) is 9.80 Å². The van der Waals surface area contributed by atoms with Gasteiger partial charge in [-0.2, -0.15) is 0 Å². The molecule has 36 heavy (non-hydrogen) atoms. The maximum atomic E-state index is 13.6. The van der Waals surface area contributed by atoms with Crippen molar-refractivity contribution in [3.63, 3.8) is 0 Å². The largest absolute Gasteiger partial charge is 0.496 e. The topological polar surface area (TPSA) is 42.0 Å². The number of amides is 1. The highest BCUT2D eigenvalue weighted by Gasteiger charge is 2.37. The van der Waals surface area contributed by atoms with Crippen LogP contribution in [-0.2, 0) is 6.54 Å². The first kappa shape index (κ1) is 25.8. The molecule has 1 aliphatic rings. The smallest absolute Gasteiger partial charge is 0.253 e. The second-order valence-corrected chi connectivity index (χ2v) is 10.1. The lowest BCUT2D eigenvalue weighted by molar-refractivity contribution is 0.0703. The minimum atomic E-state index is 0.103. The zero-order valence-corrected chi connectivity index (χ0v) is 21.9. The number of hydrogen-bond acceptors (Lipinski definition) is 4. The average Bonchev–Trinajstić information content (AvgIpc) is 3.30. The van der Waals surface area contributed by atoms with Gasteiger partial charge in [-0.05, 0) is 41.7 Å². The van der Waals surface area contributed by atoms with Gasteiger partial charge in [0.15, 0.2) is 0 Å². The molecular formula is C31H38N2O3. The standard InChI is InChI=1S/C31H38N2O3/c1-23(2)18-33(31(34)24-12-6-5-7-13-24)21-26-20-32(19-25-14-8-10-16-29(25)35-3)22-28(26)27-15-9-11-17-30(27)36-4/h5-17,23,26,28H,18-22H2,1-4H3/t26-,28-/m1/s1. The molecule has 1 fully saturated rings. The maximum absolute atomic E-state index is 13.6. The van der Waals surface area contributed by atoms with Crippen molar-refractivity contribution >= 4 is 5.91 Å². The molecule has 1 amide bonds. The lowest BCUT2D eigenvalue weighted by Crippen LogP contribution is -2.39. The van der Waals surface area contributed by atoms with Crippen molar-refractivity contribution in [2.24, 2.45) is 11.8 Å². The molecule has 0 radical (unpaired) electrons. The summed E-state index contributed by atoms with van der Waals surface area (Å²) < 4.78 is 11.4. The maximum Gasteiger partial charge on any atom is 0.253 e. The highest BCUT2D eigenvalue weighted by molar-refractivity contribution is 5.94. The quantitative estimate of drug-likeness (QED) is 0.368. The summed E-state index contributed by atoms with van der Waals surface area (Å²) in [4.78, 5) is 18.1. The third kappa shape index (κ3) is 6.08. The first-order valence-corrected chi connectivity index (χ1v) is 12.8. The normalized spacial score (nSPS) is 17.8. The highest BCUT2D eigenvalue weighted by atomic mass is 16.5. The molecule has 1 saturated heterocycles. The first-order chi connectivity index (χ1) is 17.5. The van der Waals surface area contributed by atoms with E-state index in [9.17, 15) is 4.79 Å². The van der Waals surface area contributed by atoms with Crippen molar-refractivity contribution in [3.05, 3.63) is 95.6 Å². The molecule has 0 aliphatic carbocycles. The Labute approximate surface area is 215 Å². The van der Waals surface area contributed by atoms with Crippen LogP contribution in [0.15, 0.2) is 78.9 Å². The summed E-state index contributed by atoms with van der Waals surface area (Å²) in [6, 6.07) is 26.2. The van der Waals surface area contributed by atoms with Crippen LogP contribution in [0.25, 0.3) is 0 Å². The SMILES string of the molecule is COc1ccccc1CN1C[C@H](CN(CC(C)C)C(=O)c2ccccc2)[C@H](c2ccccc2OC)C1. The average molecular weight is 487 g/mol. The van der Waals surface area contributed by atoms with E-state index in [1.165, 1.54) is 11.1 Å². The molecule has 0 spiro atoms. The molecule has 0 bridgehead atoms. The molecule has 0 aromatic heterocycles. The van der Waals surface area contributed by atoms with Crippen molar-refractivity contribution < 1.29 is 14.3 Å². The summed E-state index contributed by atoms with van der Waals surface area (Å²) >= 11 is 0. The summed E-state index contributed by atoms with van der Waals surface area (Å²) in [5, 5.41) is 0. The van der Waals surface area contributed by atoms with E-state index in [1.807, 2.05) is 54.6 Å². The van der Waals surface area contributed by atoms with Gasteiger partial charge in [0.1, 0.15) is 11.5 Å². The minimum absolute atomic E-state index is 0.103. The van der Waals surface area contributed by atoms with Gasteiger partial charge in [0.25, 0.3) is 5.91 Å². The second kappa shape index (κ2) is 12.1. The van der Waals surface area contributed by atoms with Gasteiger partial charge in [0.2, 0.25) is 0 Å². The van der Waals surface area contributed by atoms with Gasteiger partial charge in [-0.3, -0.25) is 9.69 Å². The lowest BCUT2D eigenvalue weighted by Gasteiger charge is -2.30. The van der Waals surface area contributed by atoms with Crippen molar-refractivity contribution in [2.45, 2.75) is 26.3 Å². The number of rotatable bonds is 10. The Morgan fingerprint density at radius 1 is 0.889 bits per heavy atom. The van der Waals surface area contributed by atoms with E-state index in [0.29, 0.717) is 12.5 Å². The number of likely N-dealkylation sites (tertiary alicyclic amines) is 1. The van der Waals surface area contributed by atoms with E-state index in [0.717, 1.165) is 43.2 Å². The van der Waals surface area contributed by atoms with Crippen LogP contribution >= 0.6 is 0 Å². The molecule has 3 aromatic rings. The molecule has 0 unspecified atom stereocenters. The molecule has 1 aliphatic heterocycles. The van der Waals surface area contributed by atoms with Gasteiger partial charge in [0.05, 0.1) is 14.2 Å². The predicted octanol–water partition coefficient (Wildman–Crippen LogP) is 5.72. The Kier molecular flexibility index (Phi) is 8.65. The molecule has 1 heterocycles. The Balaban J connectivity index is 1.63. The van der Waals surface area contributed by atoms with Gasteiger partial charge < -0.3 is 14.4 Å². The fourth-order valence-electron chi connectivity index (χ4n) is 5.40. The number of hydrogen-bond donors (Lipinski definition) is 0. The Bertz CT molecular complexity index is 1130. The fourth-order valence-corrected chi connectivity index (χ4v) is 5.40. The number of methoxy groups -OCH3 is 2. The Hall–Kier alpha value is -3.31. The molecule has 5 heteroatoms. The highest BCUT2D eigenvalue weighted by Crippen LogP contribution is 2.39. The van der Waals surface area contributed by atoms with Crippen molar-refractivity contribution in [1.29, 1.82) is 0 Å². The summed E-state index contributed by atoms with van der Waals surface area (Å²) in [5.41, 5.74) is 3.14. The minimum Gasteiger partial charge on any atom is -0.496 e. The number of carbonyl (C=O) groups is 1. The van der Waals surface area contributed by atoms with Gasteiger partial charge >= 0.3 is 0 Å². The summed E-state index contributed by atoms with van der Waals surface area (Å²) in [6.07, 6.45) is 0. The zero-order chi connectivity index (χ0) is 25.5. The van der Waals surface area contributed by atoms with Crippen LogP contribution in [0, 0.1) is 11.8 Å². The molecule has 0 saturated carbocycles. The van der Waals surface area contributed by atoms with Crippen LogP contribution in [-0.4, -0.2) is 56.1 Å². The van der Waals surface area contributed by atoms with Crippen LogP contribution in [0.3, 0.4) is 0 Å². The number of carbonyl (C=O) groups excluding carboxylic acids is 1. The van der Waals surface area contributed by atoms with Gasteiger partial charge in [-0.1, -0.05) is 68.4 Å². The van der Waals surface area contributed by atoms with Crippen LogP contribution in [0.5, 0.6) is 11.5 Å². The van der Waals surface area contributed by atoms with E-state index in [2.05, 4.69) is 47.9 Å². The van der Waals surface area contributed by atoms with Gasteiger partial charge in [-0.15, -0.1) is 0 Å². The summed E-state index contributed by atoms with van der Waals surface area (Å²) in [5.74, 6) is 2.85. The van der Waals surface area contributed by atoms with Gasteiger partial charge in [-0.25, -0.2) is 0 Å². The van der Waals surface area contributed by atoms with Crippen LogP contribution < -0.4 is 9.47 Å². The third-order valence-electron chi connectivity index (χ3n) is 6.99. The molecule has 2 atom stereocenters. The van der Waals surface area contributed by atoms with Crippen molar-refractivity contribution in [2.75, 3.05) is 40.4 Å². The van der Waals surface area contributed by atoms with E-state index < -0.39 is 0 Å². The monoisotopic (exact) mass is 486 g/mol. The molecule has 0 N–H and O–H groups in total. The third-order valence-corrected chi connectivity index (χ3v) is 6.99. The van der Waals surface area contributed by atoms with Gasteiger partial charge in [0, 0.05) is 49.8 Å². The van der Waals surface area contributed by atoms with E-state index in [-0.39, 0.29) is 17.7 Å². The molecular weight excluding hydrogens is 448 g/mol. The van der Waals surface area contributed by atoms with E-state index in [1.54, 1.807) is 14.2 Å². The van der Waals surface area contributed by atoms with E-state index >= 15 is 0 Å². The fraction of sp³-hybridized carbons (Fsp3) is 0.387. The predicted molar refractivity (Wildman–Crippen MR) is 145 cm³/mol. The summed E-state index contributed by atoms with van der Waals surface area (Å²) in [6.45, 7) is 8.39. The Morgan fingerprint density at radius 2 is 1.53 bits per heavy atom. The summed E-state index contributed by atoms with van der Waals surface area (Å²) in [7, 11) is 3.46. The van der Waals surface area contributed by atoms with E-state index in [4.69, 9.17) is 9.47 Å². The first-order valence-electron chi connectivity index (χ1n) is 12.8. The second-order valence-electron chi connectivity index (χ2n) is 10.1. The van der Waals surface area contributed by atoms with Crippen LogP contribution in [0.1, 0.15) is 41.3 Å². The zero-order valence-electron chi connectivity index (χ0n) is 21.9. The molecule has 5 nitrogen and oxygen atoms in total. The van der Waals surface area contributed by atoms with Crippen LogP contribution in [0.4, 0.5) is 0 Å².